The summed E-state index contributed by atoms with van der Waals surface area (Å²) in [7, 11) is 0. The first-order valence-electron chi connectivity index (χ1n) is 12.3. The highest BCUT2D eigenvalue weighted by molar-refractivity contribution is 7.17. The third-order valence-electron chi connectivity index (χ3n) is 6.89. The second-order valence-corrected chi connectivity index (χ2v) is 10.4. The molecule has 5 rings (SSSR count). The van der Waals surface area contributed by atoms with Gasteiger partial charge in [0.1, 0.15) is 9.88 Å². The van der Waals surface area contributed by atoms with Crippen LogP contribution in [-0.2, 0) is 11.3 Å². The molecule has 2 fully saturated rings. The van der Waals surface area contributed by atoms with Crippen molar-refractivity contribution in [2.24, 2.45) is 5.92 Å². The number of aromatic nitrogens is 2. The Bertz CT molecular complexity index is 1160. The van der Waals surface area contributed by atoms with Gasteiger partial charge in [0.25, 0.3) is 5.91 Å². The molecule has 7 nitrogen and oxygen atoms in total. The number of aryl methyl sites for hydroxylation is 1. The van der Waals surface area contributed by atoms with E-state index in [0.717, 1.165) is 61.8 Å². The highest BCUT2D eigenvalue weighted by Gasteiger charge is 2.34. The molecule has 1 aromatic carbocycles. The number of pyridine rings is 1. The van der Waals surface area contributed by atoms with E-state index in [9.17, 15) is 9.59 Å². The third kappa shape index (κ3) is 5.44. The summed E-state index contributed by atoms with van der Waals surface area (Å²) in [5.41, 5.74) is 2.96. The van der Waals surface area contributed by atoms with Crippen LogP contribution in [0.1, 0.15) is 33.8 Å². The molecule has 2 aliphatic rings. The van der Waals surface area contributed by atoms with Gasteiger partial charge in [-0.05, 0) is 37.5 Å². The van der Waals surface area contributed by atoms with Crippen molar-refractivity contribution in [2.45, 2.75) is 26.3 Å². The van der Waals surface area contributed by atoms with Crippen molar-refractivity contribution in [2.75, 3.05) is 39.3 Å². The van der Waals surface area contributed by atoms with Gasteiger partial charge < -0.3 is 9.80 Å². The van der Waals surface area contributed by atoms with Crippen LogP contribution in [-0.4, -0.2) is 75.8 Å². The number of amides is 2. The van der Waals surface area contributed by atoms with Gasteiger partial charge in [-0.15, -0.1) is 11.3 Å². The van der Waals surface area contributed by atoms with Crippen molar-refractivity contribution in [3.63, 3.8) is 0 Å². The van der Waals surface area contributed by atoms with Crippen LogP contribution in [0.25, 0.3) is 10.6 Å². The first-order valence-corrected chi connectivity index (χ1v) is 13.1. The molecule has 2 saturated heterocycles. The molecule has 3 aromatic rings. The first kappa shape index (κ1) is 23.6. The molecule has 0 spiro atoms. The van der Waals surface area contributed by atoms with Crippen LogP contribution in [0.5, 0.6) is 0 Å². The van der Waals surface area contributed by atoms with E-state index >= 15 is 0 Å². The molecule has 0 bridgehead atoms. The maximum Gasteiger partial charge on any atom is 0.265 e. The van der Waals surface area contributed by atoms with Crippen molar-refractivity contribution in [3.05, 3.63) is 71.0 Å². The monoisotopic (exact) mass is 489 g/mol. The lowest BCUT2D eigenvalue weighted by atomic mass is 9.96. The van der Waals surface area contributed by atoms with Crippen LogP contribution >= 0.6 is 11.3 Å². The molecule has 8 heteroatoms. The Labute approximate surface area is 210 Å². The van der Waals surface area contributed by atoms with Crippen molar-refractivity contribution in [1.29, 1.82) is 0 Å². The number of carbonyl (C=O) groups is 2. The Morgan fingerprint density at radius 3 is 2.54 bits per heavy atom. The number of piperidine rings is 1. The Hall–Kier alpha value is -3.10. The van der Waals surface area contributed by atoms with Crippen molar-refractivity contribution >= 4 is 23.2 Å². The van der Waals surface area contributed by atoms with E-state index in [-0.39, 0.29) is 17.7 Å². The minimum atomic E-state index is -0.126. The summed E-state index contributed by atoms with van der Waals surface area (Å²) in [6.07, 6.45) is 5.19. The summed E-state index contributed by atoms with van der Waals surface area (Å²) in [6.45, 7) is 7.24. The maximum absolute atomic E-state index is 13.4. The second-order valence-electron chi connectivity index (χ2n) is 9.35. The Morgan fingerprint density at radius 2 is 1.80 bits per heavy atom. The molecule has 4 heterocycles. The van der Waals surface area contributed by atoms with E-state index in [1.54, 1.807) is 12.4 Å². The van der Waals surface area contributed by atoms with Gasteiger partial charge in [-0.1, -0.05) is 30.3 Å². The van der Waals surface area contributed by atoms with Crippen LogP contribution in [0.2, 0.25) is 0 Å². The van der Waals surface area contributed by atoms with Gasteiger partial charge in [-0.3, -0.25) is 19.5 Å². The van der Waals surface area contributed by atoms with Gasteiger partial charge in [0.2, 0.25) is 5.91 Å². The number of thiazole rings is 1. The lowest BCUT2D eigenvalue weighted by Crippen LogP contribution is -2.52. The molecule has 182 valence electrons. The molecule has 2 amide bonds. The average Bonchev–Trinajstić information content (AvgIpc) is 3.31. The Morgan fingerprint density at radius 1 is 1.00 bits per heavy atom. The van der Waals surface area contributed by atoms with Crippen LogP contribution < -0.4 is 0 Å². The zero-order valence-electron chi connectivity index (χ0n) is 20.1. The number of nitrogens with zero attached hydrogens (tertiary/aromatic N) is 5. The zero-order valence-corrected chi connectivity index (χ0v) is 20.9. The van der Waals surface area contributed by atoms with E-state index in [4.69, 9.17) is 0 Å². The standard InChI is InChI=1S/C27H31N5O2S/c1-20-24(35-25(29-20)22-9-5-11-28-17-22)27(34)32-12-6-10-23(19-32)26(33)31-15-13-30(14-16-31)18-21-7-3-2-4-8-21/h2-5,7-9,11,17,23H,6,10,12-16,18-19H2,1H3. The predicted molar refractivity (Wildman–Crippen MR) is 137 cm³/mol. The molecule has 0 aliphatic carbocycles. The normalized spacial score (nSPS) is 19.1. The maximum atomic E-state index is 13.4. The highest BCUT2D eigenvalue weighted by Crippen LogP contribution is 2.30. The predicted octanol–water partition coefficient (Wildman–Crippen LogP) is 3.71. The molecular formula is C27H31N5O2S. The number of benzene rings is 1. The molecule has 35 heavy (non-hydrogen) atoms. The molecule has 2 aliphatic heterocycles. The fourth-order valence-electron chi connectivity index (χ4n) is 4.94. The quantitative estimate of drug-likeness (QED) is 0.547. The summed E-state index contributed by atoms with van der Waals surface area (Å²) in [5, 5.41) is 0.803. The van der Waals surface area contributed by atoms with Crippen LogP contribution in [0, 0.1) is 12.8 Å². The smallest absolute Gasteiger partial charge is 0.265 e. The van der Waals surface area contributed by atoms with Gasteiger partial charge in [-0.2, -0.15) is 0 Å². The number of hydrogen-bond acceptors (Lipinski definition) is 6. The molecule has 1 atom stereocenters. The number of piperazine rings is 1. The number of carbonyl (C=O) groups excluding carboxylic acids is 2. The van der Waals surface area contributed by atoms with Crippen LogP contribution in [0.3, 0.4) is 0 Å². The fraction of sp³-hybridized carbons (Fsp3) is 0.407. The van der Waals surface area contributed by atoms with Gasteiger partial charge >= 0.3 is 0 Å². The zero-order chi connectivity index (χ0) is 24.2. The summed E-state index contributed by atoms with van der Waals surface area (Å²) in [4.78, 5) is 42.4. The van der Waals surface area contributed by atoms with Crippen LogP contribution in [0.15, 0.2) is 54.9 Å². The SMILES string of the molecule is Cc1nc(-c2cccnc2)sc1C(=O)N1CCCC(C(=O)N2CCN(Cc3ccccc3)CC2)C1. The molecule has 1 unspecified atom stereocenters. The van der Waals surface area contributed by atoms with E-state index in [1.807, 2.05) is 34.9 Å². The van der Waals surface area contributed by atoms with E-state index in [0.29, 0.717) is 18.0 Å². The number of likely N-dealkylation sites (tertiary alicyclic amines) is 1. The molecule has 0 saturated carbocycles. The molecule has 0 radical (unpaired) electrons. The largest absolute Gasteiger partial charge is 0.340 e. The van der Waals surface area contributed by atoms with E-state index in [1.165, 1.54) is 16.9 Å². The van der Waals surface area contributed by atoms with E-state index in [2.05, 4.69) is 39.1 Å². The topological polar surface area (TPSA) is 69.6 Å². The lowest BCUT2D eigenvalue weighted by molar-refractivity contribution is -0.138. The van der Waals surface area contributed by atoms with Gasteiger partial charge in [0.15, 0.2) is 0 Å². The second kappa shape index (κ2) is 10.7. The van der Waals surface area contributed by atoms with Gasteiger partial charge in [0.05, 0.1) is 11.6 Å². The van der Waals surface area contributed by atoms with Crippen molar-refractivity contribution in [1.82, 2.24) is 24.7 Å². The molecule has 2 aromatic heterocycles. The molecular weight excluding hydrogens is 458 g/mol. The minimum absolute atomic E-state index is 0.0136. The number of hydrogen-bond donors (Lipinski definition) is 0. The third-order valence-corrected chi connectivity index (χ3v) is 8.08. The van der Waals surface area contributed by atoms with Crippen molar-refractivity contribution < 1.29 is 9.59 Å². The first-order chi connectivity index (χ1) is 17.1. The van der Waals surface area contributed by atoms with E-state index < -0.39 is 0 Å². The fourth-order valence-corrected chi connectivity index (χ4v) is 5.96. The van der Waals surface area contributed by atoms with Crippen molar-refractivity contribution in [3.8, 4) is 10.6 Å². The lowest BCUT2D eigenvalue weighted by Gasteiger charge is -2.39. The van der Waals surface area contributed by atoms with Crippen LogP contribution in [0.4, 0.5) is 0 Å². The summed E-state index contributed by atoms with van der Waals surface area (Å²) in [6, 6.07) is 14.3. The average molecular weight is 490 g/mol. The Balaban J connectivity index is 1.18. The van der Waals surface area contributed by atoms with Gasteiger partial charge in [-0.25, -0.2) is 4.98 Å². The Kier molecular flexibility index (Phi) is 7.20. The minimum Gasteiger partial charge on any atom is -0.340 e. The highest BCUT2D eigenvalue weighted by atomic mass is 32.1. The summed E-state index contributed by atoms with van der Waals surface area (Å²) >= 11 is 1.41. The summed E-state index contributed by atoms with van der Waals surface area (Å²) in [5.74, 6) is 0.0543. The summed E-state index contributed by atoms with van der Waals surface area (Å²) < 4.78 is 0. The molecule has 0 N–H and O–H groups in total. The number of rotatable bonds is 5. The van der Waals surface area contributed by atoms with Gasteiger partial charge in [0, 0.05) is 63.8 Å².